The van der Waals surface area contributed by atoms with Crippen LogP contribution in [-0.2, 0) is 12.8 Å². The summed E-state index contributed by atoms with van der Waals surface area (Å²) in [6.07, 6.45) is 2.89. The number of nitrogens with zero attached hydrogens (tertiary/aromatic N) is 1. The molecule has 0 fully saturated rings. The van der Waals surface area contributed by atoms with Crippen LogP contribution in [0.5, 0.6) is 0 Å². The lowest BCUT2D eigenvalue weighted by molar-refractivity contribution is 0.0827. The lowest BCUT2D eigenvalue weighted by Crippen LogP contribution is -2.28. The molecule has 3 rings (SSSR count). The zero-order valence-corrected chi connectivity index (χ0v) is 18.6. The van der Waals surface area contributed by atoms with Crippen LogP contribution in [-0.4, -0.2) is 30.8 Å². The first-order valence-corrected chi connectivity index (χ1v) is 10.7. The molecule has 1 aliphatic carbocycles. The summed E-state index contributed by atoms with van der Waals surface area (Å²) in [5, 5.41) is 4.22. The standard InChI is InChI=1S/C22H27ClN2O2S/c1-22(2,3)14-8-11-16-17(12-14)28-20(18(16)21(27)25(4)5)24-19(26)13-6-9-15(23)10-7-13/h6-7,9-10,14H,8,11-12H2,1-5H3,(H,24,26)/t14-/m0/s1. The smallest absolute Gasteiger partial charge is 0.256 e. The Balaban J connectivity index is 1.96. The molecule has 0 saturated heterocycles. The SMILES string of the molecule is CN(C)C(=O)c1c(NC(=O)c2ccc(Cl)cc2)sc2c1CC[C@H](C(C)(C)C)C2. The third-order valence-electron chi connectivity index (χ3n) is 5.44. The zero-order chi connectivity index (χ0) is 20.6. The molecule has 150 valence electrons. The van der Waals surface area contributed by atoms with Crippen molar-refractivity contribution in [2.24, 2.45) is 11.3 Å². The summed E-state index contributed by atoms with van der Waals surface area (Å²) in [4.78, 5) is 28.4. The van der Waals surface area contributed by atoms with E-state index in [0.717, 1.165) is 24.8 Å². The third-order valence-corrected chi connectivity index (χ3v) is 6.87. The fourth-order valence-electron chi connectivity index (χ4n) is 3.64. The second-order valence-electron chi connectivity index (χ2n) is 8.67. The molecule has 2 aromatic rings. The summed E-state index contributed by atoms with van der Waals surface area (Å²) in [5.74, 6) is 0.286. The number of anilines is 1. The summed E-state index contributed by atoms with van der Waals surface area (Å²) in [6.45, 7) is 6.81. The van der Waals surface area contributed by atoms with Gasteiger partial charge in [0.1, 0.15) is 5.00 Å². The number of hydrogen-bond donors (Lipinski definition) is 1. The van der Waals surface area contributed by atoms with E-state index < -0.39 is 0 Å². The molecule has 0 bridgehead atoms. The summed E-state index contributed by atoms with van der Waals surface area (Å²) < 4.78 is 0. The largest absolute Gasteiger partial charge is 0.345 e. The molecular weight excluding hydrogens is 392 g/mol. The minimum atomic E-state index is -0.226. The third kappa shape index (κ3) is 4.26. The van der Waals surface area contributed by atoms with Crippen LogP contribution in [0.15, 0.2) is 24.3 Å². The van der Waals surface area contributed by atoms with Gasteiger partial charge < -0.3 is 10.2 Å². The van der Waals surface area contributed by atoms with Gasteiger partial charge in [-0.1, -0.05) is 32.4 Å². The van der Waals surface area contributed by atoms with Crippen LogP contribution in [0.3, 0.4) is 0 Å². The van der Waals surface area contributed by atoms with Crippen molar-refractivity contribution in [1.29, 1.82) is 0 Å². The Hall–Kier alpha value is -1.85. The van der Waals surface area contributed by atoms with Gasteiger partial charge in [-0.25, -0.2) is 0 Å². The van der Waals surface area contributed by atoms with Gasteiger partial charge in [-0.3, -0.25) is 9.59 Å². The molecule has 1 atom stereocenters. The molecule has 6 heteroatoms. The predicted octanol–water partition coefficient (Wildman–Crippen LogP) is 5.51. The van der Waals surface area contributed by atoms with E-state index in [4.69, 9.17) is 11.6 Å². The van der Waals surface area contributed by atoms with Gasteiger partial charge in [-0.15, -0.1) is 11.3 Å². The first-order valence-electron chi connectivity index (χ1n) is 9.51. The number of carbonyl (C=O) groups is 2. The summed E-state index contributed by atoms with van der Waals surface area (Å²) in [5.41, 5.74) is 2.50. The maximum absolute atomic E-state index is 12.9. The highest BCUT2D eigenvalue weighted by molar-refractivity contribution is 7.17. The molecule has 0 spiro atoms. The van der Waals surface area contributed by atoms with Gasteiger partial charge in [-0.05, 0) is 60.4 Å². The highest BCUT2D eigenvalue weighted by atomic mass is 35.5. The van der Waals surface area contributed by atoms with Gasteiger partial charge in [0.05, 0.1) is 5.56 Å². The predicted molar refractivity (Wildman–Crippen MR) is 117 cm³/mol. The number of nitrogens with one attached hydrogen (secondary N) is 1. The molecule has 4 nitrogen and oxygen atoms in total. The van der Waals surface area contributed by atoms with Crippen LogP contribution >= 0.6 is 22.9 Å². The van der Waals surface area contributed by atoms with Crippen LogP contribution in [0.25, 0.3) is 0 Å². The van der Waals surface area contributed by atoms with Crippen molar-refractivity contribution in [3.8, 4) is 0 Å². The van der Waals surface area contributed by atoms with E-state index in [2.05, 4.69) is 26.1 Å². The number of fused-ring (bicyclic) bond motifs is 1. The van der Waals surface area contributed by atoms with E-state index in [1.165, 1.54) is 4.88 Å². The van der Waals surface area contributed by atoms with Crippen LogP contribution in [0.1, 0.15) is 58.3 Å². The Morgan fingerprint density at radius 3 is 2.39 bits per heavy atom. The minimum Gasteiger partial charge on any atom is -0.345 e. The van der Waals surface area contributed by atoms with Crippen molar-refractivity contribution in [1.82, 2.24) is 4.90 Å². The monoisotopic (exact) mass is 418 g/mol. The molecule has 1 aliphatic rings. The van der Waals surface area contributed by atoms with E-state index in [9.17, 15) is 9.59 Å². The van der Waals surface area contributed by atoms with E-state index in [1.54, 1.807) is 54.6 Å². The topological polar surface area (TPSA) is 49.4 Å². The number of thiophene rings is 1. The lowest BCUT2D eigenvalue weighted by Gasteiger charge is -2.34. The quantitative estimate of drug-likeness (QED) is 0.714. The molecule has 1 aromatic carbocycles. The van der Waals surface area contributed by atoms with E-state index in [1.807, 2.05) is 0 Å². The number of hydrogen-bond acceptors (Lipinski definition) is 3. The normalized spacial score (nSPS) is 16.4. The minimum absolute atomic E-state index is 0.0573. The first-order chi connectivity index (χ1) is 13.1. The van der Waals surface area contributed by atoms with Crippen molar-refractivity contribution < 1.29 is 9.59 Å². The molecule has 0 aliphatic heterocycles. The fraction of sp³-hybridized carbons (Fsp3) is 0.455. The molecule has 0 unspecified atom stereocenters. The van der Waals surface area contributed by atoms with Crippen LogP contribution < -0.4 is 5.32 Å². The van der Waals surface area contributed by atoms with E-state index >= 15 is 0 Å². The van der Waals surface area contributed by atoms with Crippen LogP contribution in [0.2, 0.25) is 5.02 Å². The maximum atomic E-state index is 12.9. The van der Waals surface area contributed by atoms with Crippen molar-refractivity contribution in [3.05, 3.63) is 50.9 Å². The molecule has 2 amide bonds. The van der Waals surface area contributed by atoms with Gasteiger partial charge in [0, 0.05) is 29.6 Å². The lowest BCUT2D eigenvalue weighted by atomic mass is 9.72. The number of carbonyl (C=O) groups excluding carboxylic acids is 2. The van der Waals surface area contributed by atoms with Gasteiger partial charge in [0.25, 0.3) is 11.8 Å². The van der Waals surface area contributed by atoms with E-state index in [-0.39, 0.29) is 17.2 Å². The van der Waals surface area contributed by atoms with E-state index in [0.29, 0.717) is 27.1 Å². The Kier molecular flexibility index (Phi) is 5.87. The maximum Gasteiger partial charge on any atom is 0.256 e. The molecule has 1 heterocycles. The van der Waals surface area contributed by atoms with Crippen molar-refractivity contribution >= 4 is 39.8 Å². The average molecular weight is 419 g/mol. The number of halogens is 1. The zero-order valence-electron chi connectivity index (χ0n) is 17.1. The second kappa shape index (κ2) is 7.88. The molecule has 1 N–H and O–H groups in total. The average Bonchev–Trinajstić information content (AvgIpc) is 2.97. The Labute approximate surface area is 175 Å². The Morgan fingerprint density at radius 1 is 1.18 bits per heavy atom. The number of benzene rings is 1. The molecule has 0 saturated carbocycles. The Morgan fingerprint density at radius 2 is 1.82 bits per heavy atom. The molecule has 1 aromatic heterocycles. The number of amides is 2. The van der Waals surface area contributed by atoms with Crippen molar-refractivity contribution in [2.45, 2.75) is 40.0 Å². The van der Waals surface area contributed by atoms with Crippen LogP contribution in [0, 0.1) is 11.3 Å². The molecular formula is C22H27ClN2O2S. The Bertz CT molecular complexity index is 894. The van der Waals surface area contributed by atoms with Crippen molar-refractivity contribution in [2.75, 3.05) is 19.4 Å². The van der Waals surface area contributed by atoms with Crippen molar-refractivity contribution in [3.63, 3.8) is 0 Å². The van der Waals surface area contributed by atoms with Gasteiger partial charge in [-0.2, -0.15) is 0 Å². The summed E-state index contributed by atoms with van der Waals surface area (Å²) in [6, 6.07) is 6.76. The molecule has 28 heavy (non-hydrogen) atoms. The second-order valence-corrected chi connectivity index (χ2v) is 10.2. The summed E-state index contributed by atoms with van der Waals surface area (Å²) in [7, 11) is 3.50. The first kappa shape index (κ1) is 20.9. The number of rotatable bonds is 3. The highest BCUT2D eigenvalue weighted by Crippen LogP contribution is 2.44. The summed E-state index contributed by atoms with van der Waals surface area (Å²) >= 11 is 7.47. The van der Waals surface area contributed by atoms with Gasteiger partial charge in [0.2, 0.25) is 0 Å². The van der Waals surface area contributed by atoms with Gasteiger partial charge in [0.15, 0.2) is 0 Å². The van der Waals surface area contributed by atoms with Gasteiger partial charge >= 0.3 is 0 Å². The fourth-order valence-corrected chi connectivity index (χ4v) is 5.08. The highest BCUT2D eigenvalue weighted by Gasteiger charge is 2.34. The molecule has 0 radical (unpaired) electrons. The van der Waals surface area contributed by atoms with Crippen LogP contribution in [0.4, 0.5) is 5.00 Å².